The fourth-order valence-electron chi connectivity index (χ4n) is 0.958. The SMILES string of the molecule is O=C(O)c1cc(F)c(F)cc1C(F)(F)F. The van der Waals surface area contributed by atoms with E-state index in [-0.39, 0.29) is 12.1 Å². The lowest BCUT2D eigenvalue weighted by molar-refractivity contribution is -0.138. The molecule has 7 heteroatoms. The molecular formula is C8H3F5O2. The Morgan fingerprint density at radius 3 is 2.00 bits per heavy atom. The van der Waals surface area contributed by atoms with Crippen LogP contribution in [0.25, 0.3) is 0 Å². The van der Waals surface area contributed by atoms with Gasteiger partial charge in [0.2, 0.25) is 0 Å². The van der Waals surface area contributed by atoms with Gasteiger partial charge >= 0.3 is 12.1 Å². The van der Waals surface area contributed by atoms with Gasteiger partial charge in [0.05, 0.1) is 11.1 Å². The number of alkyl halides is 3. The second-order valence-corrected chi connectivity index (χ2v) is 2.61. The minimum atomic E-state index is -5.04. The van der Waals surface area contributed by atoms with E-state index in [0.717, 1.165) is 0 Å². The Morgan fingerprint density at radius 1 is 1.13 bits per heavy atom. The summed E-state index contributed by atoms with van der Waals surface area (Å²) in [7, 11) is 0. The molecule has 0 unspecified atom stereocenters. The third-order valence-corrected chi connectivity index (χ3v) is 1.60. The predicted octanol–water partition coefficient (Wildman–Crippen LogP) is 2.68. The monoisotopic (exact) mass is 226 g/mol. The normalized spacial score (nSPS) is 11.5. The summed E-state index contributed by atoms with van der Waals surface area (Å²) in [5.74, 6) is -5.35. The molecule has 1 aromatic rings. The van der Waals surface area contributed by atoms with E-state index < -0.39 is 34.9 Å². The van der Waals surface area contributed by atoms with Gasteiger partial charge in [-0.1, -0.05) is 0 Å². The van der Waals surface area contributed by atoms with Crippen molar-refractivity contribution >= 4 is 5.97 Å². The highest BCUT2D eigenvalue weighted by Crippen LogP contribution is 2.33. The number of hydrogen-bond acceptors (Lipinski definition) is 1. The maximum absolute atomic E-state index is 12.5. The Balaban J connectivity index is 3.49. The van der Waals surface area contributed by atoms with Gasteiger partial charge in [0.15, 0.2) is 11.6 Å². The van der Waals surface area contributed by atoms with Crippen LogP contribution in [0.15, 0.2) is 12.1 Å². The van der Waals surface area contributed by atoms with Crippen molar-refractivity contribution in [2.75, 3.05) is 0 Å². The van der Waals surface area contributed by atoms with Crippen LogP contribution in [-0.2, 0) is 6.18 Å². The lowest BCUT2D eigenvalue weighted by Gasteiger charge is -2.10. The van der Waals surface area contributed by atoms with Crippen LogP contribution in [-0.4, -0.2) is 11.1 Å². The summed E-state index contributed by atoms with van der Waals surface area (Å²) in [4.78, 5) is 10.3. The largest absolute Gasteiger partial charge is 0.478 e. The minimum absolute atomic E-state index is 0.000486. The Hall–Kier alpha value is -1.66. The average molecular weight is 226 g/mol. The third kappa shape index (κ3) is 2.23. The molecule has 0 heterocycles. The van der Waals surface area contributed by atoms with E-state index in [1.165, 1.54) is 0 Å². The summed E-state index contributed by atoms with van der Waals surface area (Å²) in [6.45, 7) is 0. The van der Waals surface area contributed by atoms with Gasteiger partial charge in [0.1, 0.15) is 0 Å². The Bertz CT molecular complexity index is 410. The minimum Gasteiger partial charge on any atom is -0.478 e. The van der Waals surface area contributed by atoms with Crippen molar-refractivity contribution in [3.8, 4) is 0 Å². The van der Waals surface area contributed by atoms with Crippen molar-refractivity contribution in [2.24, 2.45) is 0 Å². The standard InChI is InChI=1S/C8H3F5O2/c9-5-1-3(7(14)15)4(2-6(5)10)8(11,12)13/h1-2H,(H,14,15). The molecule has 0 atom stereocenters. The smallest absolute Gasteiger partial charge is 0.417 e. The topological polar surface area (TPSA) is 37.3 Å². The van der Waals surface area contributed by atoms with Crippen LogP contribution in [0.5, 0.6) is 0 Å². The van der Waals surface area contributed by atoms with Crippen LogP contribution in [0, 0.1) is 11.6 Å². The van der Waals surface area contributed by atoms with E-state index in [0.29, 0.717) is 0 Å². The van der Waals surface area contributed by atoms with Gasteiger partial charge in [0, 0.05) is 0 Å². The fourth-order valence-corrected chi connectivity index (χ4v) is 0.958. The molecule has 0 amide bonds. The summed E-state index contributed by atoms with van der Waals surface area (Å²) in [5.41, 5.74) is -3.03. The zero-order chi connectivity index (χ0) is 11.8. The van der Waals surface area contributed by atoms with E-state index >= 15 is 0 Å². The lowest BCUT2D eigenvalue weighted by atomic mass is 10.1. The molecular weight excluding hydrogens is 223 g/mol. The number of carbonyl (C=O) groups is 1. The average Bonchev–Trinajstić information content (AvgIpc) is 2.06. The second kappa shape index (κ2) is 3.48. The maximum Gasteiger partial charge on any atom is 0.417 e. The molecule has 0 saturated carbocycles. The van der Waals surface area contributed by atoms with Crippen molar-refractivity contribution in [1.29, 1.82) is 0 Å². The molecule has 82 valence electrons. The number of aromatic carboxylic acids is 1. The lowest BCUT2D eigenvalue weighted by Crippen LogP contribution is -2.14. The number of hydrogen-bond donors (Lipinski definition) is 1. The van der Waals surface area contributed by atoms with Crippen LogP contribution < -0.4 is 0 Å². The van der Waals surface area contributed by atoms with E-state index in [1.54, 1.807) is 0 Å². The van der Waals surface area contributed by atoms with Crippen molar-refractivity contribution in [1.82, 2.24) is 0 Å². The van der Waals surface area contributed by atoms with Crippen LogP contribution in [0.2, 0.25) is 0 Å². The fraction of sp³-hybridized carbons (Fsp3) is 0.125. The summed E-state index contributed by atoms with van der Waals surface area (Å²) in [6.07, 6.45) is -5.04. The number of halogens is 5. The van der Waals surface area contributed by atoms with E-state index in [1.807, 2.05) is 0 Å². The van der Waals surface area contributed by atoms with Gasteiger partial charge < -0.3 is 5.11 Å². The summed E-state index contributed by atoms with van der Waals surface area (Å²) in [6, 6.07) is -0.181. The van der Waals surface area contributed by atoms with Gasteiger partial charge in [-0.3, -0.25) is 0 Å². The quantitative estimate of drug-likeness (QED) is 0.747. The summed E-state index contributed by atoms with van der Waals surface area (Å²) in [5, 5.41) is 8.36. The molecule has 1 rings (SSSR count). The maximum atomic E-state index is 12.5. The van der Waals surface area contributed by atoms with Gasteiger partial charge in [-0.2, -0.15) is 13.2 Å². The Kier molecular flexibility index (Phi) is 2.65. The second-order valence-electron chi connectivity index (χ2n) is 2.61. The molecule has 0 saturated heterocycles. The van der Waals surface area contributed by atoms with Crippen LogP contribution in [0.1, 0.15) is 15.9 Å². The zero-order valence-electron chi connectivity index (χ0n) is 6.90. The third-order valence-electron chi connectivity index (χ3n) is 1.60. The molecule has 1 aromatic carbocycles. The first-order valence-electron chi connectivity index (χ1n) is 3.53. The van der Waals surface area contributed by atoms with Crippen LogP contribution in [0.4, 0.5) is 22.0 Å². The molecule has 2 nitrogen and oxygen atoms in total. The molecule has 0 spiro atoms. The van der Waals surface area contributed by atoms with Gasteiger partial charge in [-0.25, -0.2) is 13.6 Å². The highest BCUT2D eigenvalue weighted by atomic mass is 19.4. The molecule has 0 aliphatic rings. The number of carboxylic acid groups (broad SMARTS) is 1. The molecule has 0 bridgehead atoms. The van der Waals surface area contributed by atoms with Crippen LogP contribution in [0.3, 0.4) is 0 Å². The molecule has 1 N–H and O–H groups in total. The number of rotatable bonds is 1. The first-order valence-corrected chi connectivity index (χ1v) is 3.53. The van der Waals surface area contributed by atoms with Crippen molar-refractivity contribution in [3.05, 3.63) is 34.9 Å². The molecule has 0 radical (unpaired) electrons. The highest BCUT2D eigenvalue weighted by molar-refractivity contribution is 5.89. The molecule has 0 aliphatic carbocycles. The molecule has 0 aromatic heterocycles. The van der Waals surface area contributed by atoms with E-state index in [4.69, 9.17) is 5.11 Å². The van der Waals surface area contributed by atoms with Crippen LogP contribution >= 0.6 is 0 Å². The summed E-state index contributed by atoms with van der Waals surface area (Å²) >= 11 is 0. The zero-order valence-corrected chi connectivity index (χ0v) is 6.90. The summed E-state index contributed by atoms with van der Waals surface area (Å²) < 4.78 is 61.5. The van der Waals surface area contributed by atoms with Crippen molar-refractivity contribution in [3.63, 3.8) is 0 Å². The predicted molar refractivity (Wildman–Crippen MR) is 38.3 cm³/mol. The Morgan fingerprint density at radius 2 is 1.60 bits per heavy atom. The Labute approximate surface area is 79.9 Å². The van der Waals surface area contributed by atoms with Crippen molar-refractivity contribution in [2.45, 2.75) is 6.18 Å². The van der Waals surface area contributed by atoms with E-state index in [9.17, 15) is 26.7 Å². The first kappa shape index (κ1) is 11.4. The number of carboxylic acids is 1. The van der Waals surface area contributed by atoms with Gasteiger partial charge in [-0.15, -0.1) is 0 Å². The van der Waals surface area contributed by atoms with Gasteiger partial charge in [-0.05, 0) is 12.1 Å². The number of benzene rings is 1. The van der Waals surface area contributed by atoms with Crippen molar-refractivity contribution < 1.29 is 31.9 Å². The first-order chi connectivity index (χ1) is 6.73. The molecule has 0 aliphatic heterocycles. The highest BCUT2D eigenvalue weighted by Gasteiger charge is 2.36. The molecule has 0 fully saturated rings. The van der Waals surface area contributed by atoms with Gasteiger partial charge in [0.25, 0.3) is 0 Å². The van der Waals surface area contributed by atoms with E-state index in [2.05, 4.69) is 0 Å². The molecule has 15 heavy (non-hydrogen) atoms.